The van der Waals surface area contributed by atoms with Gasteiger partial charge in [0.1, 0.15) is 24.7 Å². The Bertz CT molecular complexity index is 1480. The third-order valence-electron chi connectivity index (χ3n) is 9.01. The third-order valence-corrected chi connectivity index (χ3v) is 9.01. The molecule has 0 bridgehead atoms. The molecule has 2 aromatic rings. The van der Waals surface area contributed by atoms with Gasteiger partial charge in [0, 0.05) is 12.8 Å². The van der Waals surface area contributed by atoms with E-state index >= 15 is 0 Å². The number of ether oxygens (including phenoxy) is 2. The summed E-state index contributed by atoms with van der Waals surface area (Å²) in [4.78, 5) is 67.2. The molecule has 0 atom stereocenters. The number of carbonyl (C=O) groups excluding carboxylic acids is 2. The van der Waals surface area contributed by atoms with Crippen LogP contribution in [0.5, 0.6) is 11.5 Å². The van der Waals surface area contributed by atoms with E-state index in [4.69, 9.17) is 48.6 Å². The van der Waals surface area contributed by atoms with Gasteiger partial charge in [-0.1, -0.05) is 93.5 Å². The van der Waals surface area contributed by atoms with Gasteiger partial charge < -0.3 is 19.7 Å². The largest absolute Gasteiger partial charge is 0.520 e. The summed E-state index contributed by atoms with van der Waals surface area (Å²) < 4.78 is 11.0. The number of hydrogen-bond acceptors (Lipinski definition) is 14. The van der Waals surface area contributed by atoms with Crippen LogP contribution in [0.2, 0.25) is 0 Å². The van der Waals surface area contributed by atoms with Gasteiger partial charge in [-0.25, -0.2) is 0 Å². The van der Waals surface area contributed by atoms with Gasteiger partial charge >= 0.3 is 18.1 Å². The summed E-state index contributed by atoms with van der Waals surface area (Å²) in [6, 6.07) is 7.56. The van der Waals surface area contributed by atoms with Gasteiger partial charge in [0.2, 0.25) is 12.6 Å². The molecule has 0 radical (unpaired) electrons. The Labute approximate surface area is 311 Å². The summed E-state index contributed by atoms with van der Waals surface area (Å²) in [7, 11) is 0. The van der Waals surface area contributed by atoms with E-state index in [2.05, 4.69) is 0 Å². The monoisotopic (exact) mass is 748 g/mol. The number of rotatable bonds is 12. The molecule has 14 heteroatoms. The van der Waals surface area contributed by atoms with Crippen LogP contribution in [0.4, 0.5) is 0 Å². The van der Waals surface area contributed by atoms with Crippen LogP contribution in [0.15, 0.2) is 24.3 Å². The second-order valence-electron chi connectivity index (χ2n) is 17.3. The van der Waals surface area contributed by atoms with Crippen molar-refractivity contribution in [3.63, 3.8) is 0 Å². The van der Waals surface area contributed by atoms with Crippen molar-refractivity contribution in [2.45, 2.75) is 138 Å². The van der Waals surface area contributed by atoms with Crippen molar-refractivity contribution in [2.75, 3.05) is 13.2 Å². The van der Waals surface area contributed by atoms with E-state index in [0.29, 0.717) is 12.8 Å². The minimum Gasteiger partial charge on any atom is -0.507 e. The van der Waals surface area contributed by atoms with Crippen LogP contribution in [-0.2, 0) is 81.8 Å². The highest BCUT2D eigenvalue weighted by Crippen LogP contribution is 2.40. The molecule has 53 heavy (non-hydrogen) atoms. The molecule has 0 saturated carbocycles. The Kier molecular flexibility index (Phi) is 12.9. The summed E-state index contributed by atoms with van der Waals surface area (Å²) in [5.41, 5.74) is 2.55. The number of carbonyl (C=O) groups is 2. The number of benzene rings is 2. The number of phenols is 2. The minimum atomic E-state index is -2.48. The molecule has 0 aromatic heterocycles. The van der Waals surface area contributed by atoms with Crippen LogP contribution >= 0.6 is 0 Å². The standard InChI is InChI=1S/C39H56O14/c1-23-17-25(19-27(31(23)42)35(3,4)5)13-15-29(40)44-21-37(9,10)33-46-50-39(51-47-33)52-48-34(49-53-39)38(11,12)22-45-30(41)16-14-26-18-24(2)32(43)28(20-26)36(6,7)8/h17-20,33-34,42-43H,13-16,21-22H2,1-12H3. The quantitative estimate of drug-likeness (QED) is 0.167. The van der Waals surface area contributed by atoms with Crippen molar-refractivity contribution in [3.05, 3.63) is 57.6 Å². The Morgan fingerprint density at radius 3 is 1.23 bits per heavy atom. The first-order chi connectivity index (χ1) is 24.4. The molecule has 2 aromatic carbocycles. The van der Waals surface area contributed by atoms with Crippen LogP contribution in [0.1, 0.15) is 115 Å². The normalized spacial score (nSPS) is 21.4. The summed E-state index contributed by atoms with van der Waals surface area (Å²) >= 11 is 0. The predicted molar refractivity (Wildman–Crippen MR) is 188 cm³/mol. The van der Waals surface area contributed by atoms with Crippen LogP contribution in [0.25, 0.3) is 0 Å². The van der Waals surface area contributed by atoms with Gasteiger partial charge in [-0.05, 0) is 70.9 Å². The Balaban J connectivity index is 1.19. The van der Waals surface area contributed by atoms with E-state index in [9.17, 15) is 19.8 Å². The van der Waals surface area contributed by atoms with Gasteiger partial charge in [0.05, 0.1) is 10.8 Å². The fourth-order valence-electron chi connectivity index (χ4n) is 5.49. The lowest BCUT2D eigenvalue weighted by atomic mass is 9.83. The van der Waals surface area contributed by atoms with Gasteiger partial charge in [0.15, 0.2) is 0 Å². The summed E-state index contributed by atoms with van der Waals surface area (Å²) in [5, 5.41) is 21.0. The molecule has 2 aliphatic rings. The molecule has 0 amide bonds. The Morgan fingerprint density at radius 1 is 0.604 bits per heavy atom. The number of phenolic OH excluding ortho intramolecular Hbond substituents is 2. The van der Waals surface area contributed by atoms with E-state index in [1.807, 2.05) is 79.7 Å². The first-order valence-electron chi connectivity index (χ1n) is 17.8. The van der Waals surface area contributed by atoms with Crippen molar-refractivity contribution in [3.8, 4) is 11.5 Å². The zero-order chi connectivity index (χ0) is 39.6. The number of hydrogen-bond donors (Lipinski definition) is 2. The smallest absolute Gasteiger partial charge is 0.507 e. The average molecular weight is 749 g/mol. The average Bonchev–Trinajstić information content (AvgIpc) is 3.06. The van der Waals surface area contributed by atoms with Crippen LogP contribution in [0, 0.1) is 24.7 Å². The number of aromatic hydroxyl groups is 2. The van der Waals surface area contributed by atoms with Crippen molar-refractivity contribution >= 4 is 11.9 Å². The fourth-order valence-corrected chi connectivity index (χ4v) is 5.49. The molecule has 2 aliphatic heterocycles. The van der Waals surface area contributed by atoms with E-state index in [1.54, 1.807) is 27.7 Å². The first kappa shape index (κ1) is 42.4. The molecule has 2 saturated heterocycles. The third kappa shape index (κ3) is 10.9. The topological polar surface area (TPSA) is 167 Å². The Morgan fingerprint density at radius 2 is 0.925 bits per heavy atom. The second kappa shape index (κ2) is 16.2. The van der Waals surface area contributed by atoms with Crippen molar-refractivity contribution in [1.82, 2.24) is 0 Å². The van der Waals surface area contributed by atoms with Gasteiger partial charge in [-0.15, -0.1) is 19.6 Å². The molecule has 14 nitrogen and oxygen atoms in total. The summed E-state index contributed by atoms with van der Waals surface area (Å²) in [6.07, 6.45) is -3.72. The highest BCUT2D eigenvalue weighted by atomic mass is 17.6. The Hall–Kier alpha value is -3.34. The molecular formula is C39H56O14. The van der Waals surface area contributed by atoms with Gasteiger partial charge in [-0.2, -0.15) is 19.6 Å². The molecular weight excluding hydrogens is 692 g/mol. The minimum absolute atomic E-state index is 0.103. The number of aryl methyl sites for hydroxylation is 4. The zero-order valence-electron chi connectivity index (χ0n) is 33.0. The molecule has 0 aliphatic carbocycles. The van der Waals surface area contributed by atoms with Crippen molar-refractivity contribution in [1.29, 1.82) is 0 Å². The maximum atomic E-state index is 12.6. The molecule has 2 N–H and O–H groups in total. The van der Waals surface area contributed by atoms with E-state index in [1.165, 1.54) is 0 Å². The highest BCUT2D eigenvalue weighted by Gasteiger charge is 2.56. The first-order valence-corrected chi connectivity index (χ1v) is 17.8. The van der Waals surface area contributed by atoms with Crippen LogP contribution < -0.4 is 0 Å². The highest BCUT2D eigenvalue weighted by molar-refractivity contribution is 5.70. The van der Waals surface area contributed by atoms with Gasteiger partial charge in [0.25, 0.3) is 0 Å². The second-order valence-corrected chi connectivity index (χ2v) is 17.3. The van der Waals surface area contributed by atoms with Gasteiger partial charge in [-0.3, -0.25) is 9.59 Å². The summed E-state index contributed by atoms with van der Waals surface area (Å²) in [6.45, 7) is 22.4. The maximum absolute atomic E-state index is 12.6. The molecule has 1 spiro atoms. The lowest BCUT2D eigenvalue weighted by Gasteiger charge is -2.42. The lowest BCUT2D eigenvalue weighted by molar-refractivity contribution is -0.825. The lowest BCUT2D eigenvalue weighted by Crippen LogP contribution is -2.57. The predicted octanol–water partition coefficient (Wildman–Crippen LogP) is 7.10. The van der Waals surface area contributed by atoms with Crippen molar-refractivity contribution in [2.24, 2.45) is 10.8 Å². The van der Waals surface area contributed by atoms with Crippen LogP contribution in [0.3, 0.4) is 0 Å². The van der Waals surface area contributed by atoms with Crippen molar-refractivity contribution < 1.29 is 68.4 Å². The maximum Gasteiger partial charge on any atom is 0.520 e. The molecule has 2 fully saturated rings. The zero-order valence-corrected chi connectivity index (χ0v) is 33.0. The molecule has 2 heterocycles. The van der Waals surface area contributed by atoms with E-state index < -0.39 is 41.5 Å². The van der Waals surface area contributed by atoms with E-state index in [-0.39, 0.29) is 48.4 Å². The molecule has 0 unspecified atom stereocenters. The fraction of sp³-hybridized carbons (Fsp3) is 0.641. The summed E-state index contributed by atoms with van der Waals surface area (Å²) in [5.74, 6) is -0.343. The molecule has 296 valence electrons. The van der Waals surface area contributed by atoms with E-state index in [0.717, 1.165) is 33.4 Å². The number of esters is 2. The SMILES string of the molecule is Cc1cc(CCC(=O)OCC(C)(C)C2OOC3(OO2)OOC(C(C)(C)COC(=O)CCc2cc(C)c(O)c(C(C)(C)C)c2)OO3)cc(C(C)(C)C)c1O. The molecule has 4 rings (SSSR count). The van der Waals surface area contributed by atoms with Crippen LogP contribution in [-0.4, -0.2) is 54.1 Å².